The third-order valence-electron chi connectivity index (χ3n) is 4.10. The second-order valence-corrected chi connectivity index (χ2v) is 5.60. The summed E-state index contributed by atoms with van der Waals surface area (Å²) in [6.45, 7) is 5.34. The van der Waals surface area contributed by atoms with Crippen molar-refractivity contribution in [3.63, 3.8) is 0 Å². The lowest BCUT2D eigenvalue weighted by atomic mass is 9.90. The number of nitrogens with zero attached hydrogens (tertiary/aromatic N) is 1. The maximum atomic E-state index is 9.76. The number of aliphatic hydroxyl groups is 1. The summed E-state index contributed by atoms with van der Waals surface area (Å²) in [7, 11) is 0. The van der Waals surface area contributed by atoms with Crippen molar-refractivity contribution in [3.05, 3.63) is 0 Å². The van der Waals surface area contributed by atoms with Crippen LogP contribution in [0, 0.1) is 0 Å². The van der Waals surface area contributed by atoms with E-state index in [4.69, 9.17) is 4.74 Å². The first kappa shape index (κ1) is 13.3. The molecule has 1 saturated carbocycles. The molecule has 3 nitrogen and oxygen atoms in total. The maximum absolute atomic E-state index is 9.76. The van der Waals surface area contributed by atoms with Gasteiger partial charge < -0.3 is 9.84 Å². The van der Waals surface area contributed by atoms with Crippen LogP contribution in [-0.2, 0) is 4.74 Å². The Morgan fingerprint density at radius 3 is 2.88 bits per heavy atom. The van der Waals surface area contributed by atoms with E-state index in [-0.39, 0.29) is 6.10 Å². The molecule has 0 radical (unpaired) electrons. The number of rotatable bonds is 4. The lowest BCUT2D eigenvalue weighted by Gasteiger charge is -2.40. The Morgan fingerprint density at radius 1 is 1.24 bits per heavy atom. The van der Waals surface area contributed by atoms with Gasteiger partial charge in [-0.1, -0.05) is 6.92 Å². The van der Waals surface area contributed by atoms with E-state index in [1.165, 1.54) is 32.2 Å². The lowest BCUT2D eigenvalue weighted by Crippen LogP contribution is -2.47. The van der Waals surface area contributed by atoms with Gasteiger partial charge in [0.15, 0.2) is 0 Å². The Labute approximate surface area is 105 Å². The van der Waals surface area contributed by atoms with Gasteiger partial charge in [-0.15, -0.1) is 0 Å². The number of ether oxygens (including phenoxy) is 1. The first-order valence-electron chi connectivity index (χ1n) is 7.33. The van der Waals surface area contributed by atoms with Gasteiger partial charge in [-0.2, -0.15) is 0 Å². The summed E-state index contributed by atoms with van der Waals surface area (Å²) in [6, 6.07) is 0.603. The van der Waals surface area contributed by atoms with Gasteiger partial charge in [0.25, 0.3) is 0 Å². The summed E-state index contributed by atoms with van der Waals surface area (Å²) >= 11 is 0. The van der Waals surface area contributed by atoms with Crippen molar-refractivity contribution in [2.45, 2.75) is 70.1 Å². The van der Waals surface area contributed by atoms with Gasteiger partial charge in [-0.25, -0.2) is 0 Å². The second kappa shape index (κ2) is 6.72. The average Bonchev–Trinajstić information content (AvgIpc) is 2.37. The summed E-state index contributed by atoms with van der Waals surface area (Å²) in [5.41, 5.74) is 0. The molecule has 0 aromatic heterocycles. The molecule has 1 aliphatic heterocycles. The molecule has 0 aromatic rings. The van der Waals surface area contributed by atoms with Crippen molar-refractivity contribution in [1.82, 2.24) is 4.90 Å². The fourth-order valence-corrected chi connectivity index (χ4v) is 3.19. The minimum absolute atomic E-state index is 0.0642. The molecule has 3 unspecified atom stereocenters. The van der Waals surface area contributed by atoms with Crippen molar-refractivity contribution in [3.8, 4) is 0 Å². The molecule has 2 aliphatic rings. The summed E-state index contributed by atoms with van der Waals surface area (Å²) in [6.07, 6.45) is 8.36. The average molecular weight is 241 g/mol. The molecule has 0 bridgehead atoms. The maximum Gasteiger partial charge on any atom is 0.0702 e. The second-order valence-electron chi connectivity index (χ2n) is 5.60. The molecule has 1 saturated heterocycles. The smallest absolute Gasteiger partial charge is 0.0702 e. The first-order valence-corrected chi connectivity index (χ1v) is 7.33. The van der Waals surface area contributed by atoms with Crippen LogP contribution in [0.1, 0.15) is 51.9 Å². The van der Waals surface area contributed by atoms with Crippen LogP contribution in [0.5, 0.6) is 0 Å². The number of hydrogen-bond acceptors (Lipinski definition) is 3. The van der Waals surface area contributed by atoms with Gasteiger partial charge in [0, 0.05) is 19.2 Å². The SMILES string of the molecule is CCCOC1CCCN(C2CCCC(O)C2)C1. The van der Waals surface area contributed by atoms with Crippen LogP contribution >= 0.6 is 0 Å². The molecule has 100 valence electrons. The van der Waals surface area contributed by atoms with Gasteiger partial charge >= 0.3 is 0 Å². The van der Waals surface area contributed by atoms with E-state index in [0.29, 0.717) is 12.1 Å². The molecular formula is C14H27NO2. The van der Waals surface area contributed by atoms with Crippen LogP contribution in [0.15, 0.2) is 0 Å². The lowest BCUT2D eigenvalue weighted by molar-refractivity contribution is -0.0275. The van der Waals surface area contributed by atoms with E-state index in [9.17, 15) is 5.11 Å². The molecule has 1 heterocycles. The molecule has 0 aromatic carbocycles. The van der Waals surface area contributed by atoms with Crippen molar-refractivity contribution in [1.29, 1.82) is 0 Å². The van der Waals surface area contributed by atoms with E-state index in [1.54, 1.807) is 0 Å². The minimum Gasteiger partial charge on any atom is -0.393 e. The predicted octanol–water partition coefficient (Wildman–Crippen LogP) is 2.18. The molecular weight excluding hydrogens is 214 g/mol. The molecule has 1 aliphatic carbocycles. The normalized spacial score (nSPS) is 36.0. The summed E-state index contributed by atoms with van der Waals surface area (Å²) in [4.78, 5) is 2.56. The molecule has 0 amide bonds. The zero-order valence-electron chi connectivity index (χ0n) is 11.1. The monoisotopic (exact) mass is 241 g/mol. The number of likely N-dealkylation sites (tertiary alicyclic amines) is 1. The summed E-state index contributed by atoms with van der Waals surface area (Å²) in [5, 5.41) is 9.76. The molecule has 2 rings (SSSR count). The molecule has 3 atom stereocenters. The summed E-state index contributed by atoms with van der Waals surface area (Å²) in [5.74, 6) is 0. The molecule has 2 fully saturated rings. The zero-order valence-corrected chi connectivity index (χ0v) is 11.1. The van der Waals surface area contributed by atoms with Crippen molar-refractivity contribution in [2.75, 3.05) is 19.7 Å². The van der Waals surface area contributed by atoms with Crippen molar-refractivity contribution >= 4 is 0 Å². The quantitative estimate of drug-likeness (QED) is 0.819. The third-order valence-corrected chi connectivity index (χ3v) is 4.10. The van der Waals surface area contributed by atoms with Gasteiger partial charge in [-0.05, 0) is 51.5 Å². The molecule has 1 N–H and O–H groups in total. The number of hydrogen-bond donors (Lipinski definition) is 1. The largest absolute Gasteiger partial charge is 0.393 e. The highest BCUT2D eigenvalue weighted by Crippen LogP contribution is 2.26. The molecule has 0 spiro atoms. The fourth-order valence-electron chi connectivity index (χ4n) is 3.19. The van der Waals surface area contributed by atoms with Crippen LogP contribution in [0.4, 0.5) is 0 Å². The van der Waals surface area contributed by atoms with E-state index >= 15 is 0 Å². The first-order chi connectivity index (χ1) is 8.29. The van der Waals surface area contributed by atoms with Crippen LogP contribution in [0.3, 0.4) is 0 Å². The Morgan fingerprint density at radius 2 is 2.12 bits per heavy atom. The zero-order chi connectivity index (χ0) is 12.1. The fraction of sp³-hybridized carbons (Fsp3) is 1.00. The van der Waals surface area contributed by atoms with Gasteiger partial charge in [0.1, 0.15) is 0 Å². The molecule has 3 heteroatoms. The van der Waals surface area contributed by atoms with Crippen LogP contribution < -0.4 is 0 Å². The minimum atomic E-state index is -0.0642. The Hall–Kier alpha value is -0.120. The van der Waals surface area contributed by atoms with E-state index < -0.39 is 0 Å². The molecule has 17 heavy (non-hydrogen) atoms. The predicted molar refractivity (Wildman–Crippen MR) is 69.1 cm³/mol. The highest BCUT2D eigenvalue weighted by atomic mass is 16.5. The van der Waals surface area contributed by atoms with Crippen molar-refractivity contribution in [2.24, 2.45) is 0 Å². The number of piperidine rings is 1. The highest BCUT2D eigenvalue weighted by molar-refractivity contribution is 4.84. The third kappa shape index (κ3) is 3.94. The van der Waals surface area contributed by atoms with Gasteiger partial charge in [0.05, 0.1) is 12.2 Å². The standard InChI is InChI=1S/C14H27NO2/c1-2-9-17-14-7-4-8-15(11-14)12-5-3-6-13(16)10-12/h12-14,16H,2-11H2,1H3. The Bertz CT molecular complexity index is 222. The van der Waals surface area contributed by atoms with E-state index in [1.807, 2.05) is 0 Å². The van der Waals surface area contributed by atoms with Gasteiger partial charge in [0.2, 0.25) is 0 Å². The van der Waals surface area contributed by atoms with Crippen LogP contribution in [-0.4, -0.2) is 48.0 Å². The van der Waals surface area contributed by atoms with E-state index in [2.05, 4.69) is 11.8 Å². The highest BCUT2D eigenvalue weighted by Gasteiger charge is 2.29. The van der Waals surface area contributed by atoms with Gasteiger partial charge in [-0.3, -0.25) is 4.90 Å². The van der Waals surface area contributed by atoms with Crippen molar-refractivity contribution < 1.29 is 9.84 Å². The van der Waals surface area contributed by atoms with Crippen LogP contribution in [0.25, 0.3) is 0 Å². The summed E-state index contributed by atoms with van der Waals surface area (Å²) < 4.78 is 5.88. The Kier molecular flexibility index (Phi) is 5.26. The topological polar surface area (TPSA) is 32.7 Å². The number of aliphatic hydroxyl groups excluding tert-OH is 1. The van der Waals surface area contributed by atoms with Crippen LogP contribution in [0.2, 0.25) is 0 Å². The Balaban J connectivity index is 1.79. The van der Waals surface area contributed by atoms with E-state index in [0.717, 1.165) is 32.4 Å².